The Balaban J connectivity index is 2.08. The van der Waals surface area contributed by atoms with Gasteiger partial charge in [0.2, 0.25) is 5.13 Å². The minimum absolute atomic E-state index is 0.00946. The third kappa shape index (κ3) is 3.87. The summed E-state index contributed by atoms with van der Waals surface area (Å²) in [4.78, 5) is 0. The number of anilines is 1. The van der Waals surface area contributed by atoms with Gasteiger partial charge in [0.25, 0.3) is 0 Å². The Labute approximate surface area is 124 Å². The van der Waals surface area contributed by atoms with Crippen molar-refractivity contribution in [3.63, 3.8) is 0 Å². The number of aryl methyl sites for hydroxylation is 1. The molecule has 0 spiro atoms. The largest absolute Gasteiger partial charge is 0.315 e. The van der Waals surface area contributed by atoms with E-state index in [1.54, 1.807) is 11.2 Å². The molecule has 20 heavy (non-hydrogen) atoms. The molecular formula is C11H21N5O2S2. The molecule has 0 bridgehead atoms. The standard InChI is InChI=1S/C11H21N5O2S2/c1-3-12-8-10-6-4-5-7-16(10)20(17,18)15-11-14-13-9(2)19-11/h10,12H,3-8H2,1-2H3,(H,14,15). The van der Waals surface area contributed by atoms with E-state index in [1.807, 2.05) is 6.92 Å². The molecule has 0 aliphatic carbocycles. The lowest BCUT2D eigenvalue weighted by Gasteiger charge is -2.34. The maximum absolute atomic E-state index is 12.5. The summed E-state index contributed by atoms with van der Waals surface area (Å²) in [6, 6.07) is 0.00946. The monoisotopic (exact) mass is 319 g/mol. The summed E-state index contributed by atoms with van der Waals surface area (Å²) < 4.78 is 29.0. The number of aromatic nitrogens is 2. The fourth-order valence-corrected chi connectivity index (χ4v) is 4.56. The van der Waals surface area contributed by atoms with Gasteiger partial charge >= 0.3 is 10.2 Å². The Kier molecular flexibility index (Phi) is 5.30. The van der Waals surface area contributed by atoms with E-state index in [1.165, 1.54) is 11.3 Å². The maximum Gasteiger partial charge on any atom is 0.303 e. The van der Waals surface area contributed by atoms with Crippen LogP contribution in [-0.2, 0) is 10.2 Å². The molecule has 1 saturated heterocycles. The Hall–Kier alpha value is -0.770. The van der Waals surface area contributed by atoms with Crippen molar-refractivity contribution in [2.45, 2.75) is 39.2 Å². The van der Waals surface area contributed by atoms with Crippen molar-refractivity contribution < 1.29 is 8.42 Å². The third-order valence-corrected chi connectivity index (χ3v) is 5.69. The molecule has 1 aliphatic heterocycles. The van der Waals surface area contributed by atoms with E-state index in [0.29, 0.717) is 18.2 Å². The van der Waals surface area contributed by atoms with Crippen LogP contribution < -0.4 is 10.0 Å². The fraction of sp³-hybridized carbons (Fsp3) is 0.818. The highest BCUT2D eigenvalue weighted by molar-refractivity contribution is 7.90. The number of rotatable bonds is 6. The van der Waals surface area contributed by atoms with Crippen LogP contribution in [0, 0.1) is 6.92 Å². The predicted octanol–water partition coefficient (Wildman–Crippen LogP) is 0.967. The minimum atomic E-state index is -3.55. The van der Waals surface area contributed by atoms with Crippen LogP contribution in [0.3, 0.4) is 0 Å². The highest BCUT2D eigenvalue weighted by atomic mass is 32.2. The second kappa shape index (κ2) is 6.79. The number of likely N-dealkylation sites (N-methyl/N-ethyl adjacent to an activating group) is 1. The van der Waals surface area contributed by atoms with Gasteiger partial charge in [0.15, 0.2) is 0 Å². The number of hydrogen-bond acceptors (Lipinski definition) is 6. The SMILES string of the molecule is CCNCC1CCCCN1S(=O)(=O)Nc1nnc(C)s1. The van der Waals surface area contributed by atoms with Crippen molar-refractivity contribution in [3.8, 4) is 0 Å². The van der Waals surface area contributed by atoms with Gasteiger partial charge in [0, 0.05) is 19.1 Å². The lowest BCUT2D eigenvalue weighted by atomic mass is 10.1. The molecule has 1 aromatic heterocycles. The van der Waals surface area contributed by atoms with Gasteiger partial charge < -0.3 is 5.32 Å². The molecule has 2 N–H and O–H groups in total. The summed E-state index contributed by atoms with van der Waals surface area (Å²) in [7, 11) is -3.55. The molecule has 1 aliphatic rings. The number of piperidine rings is 1. The van der Waals surface area contributed by atoms with Crippen molar-refractivity contribution in [3.05, 3.63) is 5.01 Å². The molecule has 1 fully saturated rings. The van der Waals surface area contributed by atoms with Gasteiger partial charge in [0.05, 0.1) is 0 Å². The van der Waals surface area contributed by atoms with E-state index >= 15 is 0 Å². The molecular weight excluding hydrogens is 298 g/mol. The Morgan fingerprint density at radius 2 is 2.20 bits per heavy atom. The Morgan fingerprint density at radius 1 is 1.40 bits per heavy atom. The van der Waals surface area contributed by atoms with Crippen molar-refractivity contribution in [2.75, 3.05) is 24.4 Å². The van der Waals surface area contributed by atoms with Crippen molar-refractivity contribution >= 4 is 26.7 Å². The molecule has 0 aromatic carbocycles. The first-order valence-electron chi connectivity index (χ1n) is 6.83. The lowest BCUT2D eigenvalue weighted by Crippen LogP contribution is -2.50. The van der Waals surface area contributed by atoms with Crippen LogP contribution in [0.2, 0.25) is 0 Å². The first-order valence-corrected chi connectivity index (χ1v) is 9.09. The molecule has 0 amide bonds. The van der Waals surface area contributed by atoms with E-state index in [-0.39, 0.29) is 6.04 Å². The van der Waals surface area contributed by atoms with Crippen LogP contribution in [0.25, 0.3) is 0 Å². The second-order valence-electron chi connectivity index (χ2n) is 4.80. The van der Waals surface area contributed by atoms with Gasteiger partial charge in [-0.25, -0.2) is 4.72 Å². The molecule has 9 heteroatoms. The van der Waals surface area contributed by atoms with Crippen LogP contribution in [-0.4, -0.2) is 48.6 Å². The zero-order valence-corrected chi connectivity index (χ0v) is 13.4. The number of nitrogens with zero attached hydrogens (tertiary/aromatic N) is 3. The van der Waals surface area contributed by atoms with Crippen molar-refractivity contribution in [2.24, 2.45) is 0 Å². The highest BCUT2D eigenvalue weighted by Crippen LogP contribution is 2.23. The molecule has 1 aromatic rings. The molecule has 114 valence electrons. The van der Waals surface area contributed by atoms with E-state index < -0.39 is 10.2 Å². The first-order chi connectivity index (χ1) is 9.53. The molecule has 1 unspecified atom stereocenters. The third-order valence-electron chi connectivity index (χ3n) is 3.25. The smallest absolute Gasteiger partial charge is 0.303 e. The van der Waals surface area contributed by atoms with Gasteiger partial charge in [-0.05, 0) is 26.3 Å². The average molecular weight is 319 g/mol. The molecule has 7 nitrogen and oxygen atoms in total. The van der Waals surface area contributed by atoms with Gasteiger partial charge in [-0.1, -0.05) is 24.7 Å². The van der Waals surface area contributed by atoms with Gasteiger partial charge in [-0.15, -0.1) is 10.2 Å². The molecule has 0 radical (unpaired) electrons. The fourth-order valence-electron chi connectivity index (χ4n) is 2.31. The minimum Gasteiger partial charge on any atom is -0.315 e. The van der Waals surface area contributed by atoms with Crippen LogP contribution >= 0.6 is 11.3 Å². The van der Waals surface area contributed by atoms with Crippen LogP contribution in [0.1, 0.15) is 31.2 Å². The Bertz CT molecular complexity index is 531. The van der Waals surface area contributed by atoms with Gasteiger partial charge in [-0.2, -0.15) is 12.7 Å². The first kappa shape index (κ1) is 15.6. The zero-order chi connectivity index (χ0) is 14.6. The molecule has 1 atom stereocenters. The van der Waals surface area contributed by atoms with E-state index in [4.69, 9.17) is 0 Å². The summed E-state index contributed by atoms with van der Waals surface area (Å²) in [5.74, 6) is 0. The van der Waals surface area contributed by atoms with Crippen molar-refractivity contribution in [1.82, 2.24) is 19.8 Å². The molecule has 2 rings (SSSR count). The maximum atomic E-state index is 12.5. The predicted molar refractivity (Wildman–Crippen MR) is 80.1 cm³/mol. The summed E-state index contributed by atoms with van der Waals surface area (Å²) in [5, 5.41) is 11.9. The second-order valence-corrected chi connectivity index (χ2v) is 7.61. The normalized spacial score (nSPS) is 21.0. The van der Waals surface area contributed by atoms with E-state index in [9.17, 15) is 8.42 Å². The summed E-state index contributed by atoms with van der Waals surface area (Å²) >= 11 is 1.24. The van der Waals surface area contributed by atoms with E-state index in [2.05, 4.69) is 20.2 Å². The number of hydrogen-bond donors (Lipinski definition) is 2. The molecule has 0 saturated carbocycles. The lowest BCUT2D eigenvalue weighted by molar-refractivity contribution is 0.248. The van der Waals surface area contributed by atoms with E-state index in [0.717, 1.165) is 30.8 Å². The van der Waals surface area contributed by atoms with Crippen LogP contribution in [0.15, 0.2) is 0 Å². The summed E-state index contributed by atoms with van der Waals surface area (Å²) in [6.07, 6.45) is 2.86. The average Bonchev–Trinajstić information content (AvgIpc) is 2.81. The van der Waals surface area contributed by atoms with Crippen LogP contribution in [0.4, 0.5) is 5.13 Å². The zero-order valence-electron chi connectivity index (χ0n) is 11.8. The quantitative estimate of drug-likeness (QED) is 0.816. The van der Waals surface area contributed by atoms with Gasteiger partial charge in [0.1, 0.15) is 5.01 Å². The topological polar surface area (TPSA) is 87.2 Å². The van der Waals surface area contributed by atoms with Gasteiger partial charge in [-0.3, -0.25) is 0 Å². The summed E-state index contributed by atoms with van der Waals surface area (Å²) in [5.41, 5.74) is 0. The summed E-state index contributed by atoms with van der Waals surface area (Å²) in [6.45, 7) is 5.90. The Morgan fingerprint density at radius 3 is 2.85 bits per heavy atom. The molecule has 2 heterocycles. The van der Waals surface area contributed by atoms with Crippen LogP contribution in [0.5, 0.6) is 0 Å². The number of nitrogens with one attached hydrogen (secondary N) is 2. The van der Waals surface area contributed by atoms with Crippen molar-refractivity contribution in [1.29, 1.82) is 0 Å². The highest BCUT2D eigenvalue weighted by Gasteiger charge is 2.32.